The Kier molecular flexibility index (Phi) is 2.65. The third-order valence-corrected chi connectivity index (χ3v) is 2.18. The van der Waals surface area contributed by atoms with Crippen LogP contribution < -0.4 is 11.3 Å². The third-order valence-electron chi connectivity index (χ3n) is 1.29. The molecule has 3 N–H and O–H groups in total. The highest BCUT2D eigenvalue weighted by atomic mass is 127. The Labute approximate surface area is 80.1 Å². The van der Waals surface area contributed by atoms with Gasteiger partial charge in [-0.25, -0.2) is 8.78 Å². The molecule has 1 aromatic rings. The maximum absolute atomic E-state index is 12.1. The fraction of sp³-hybridized carbons (Fsp3) is 0.167. The summed E-state index contributed by atoms with van der Waals surface area (Å²) in [6, 6.07) is 0.991. The molecular formula is C6H5F2IN2O. The molecule has 0 spiro atoms. The van der Waals surface area contributed by atoms with Gasteiger partial charge in [0.05, 0.1) is 11.3 Å². The minimum Gasteiger partial charge on any atom is -0.397 e. The first-order valence-corrected chi connectivity index (χ1v) is 4.06. The van der Waals surface area contributed by atoms with Gasteiger partial charge in [-0.15, -0.1) is 0 Å². The predicted octanol–water partition coefficient (Wildman–Crippen LogP) is 1.50. The van der Waals surface area contributed by atoms with Crippen LogP contribution in [0.2, 0.25) is 0 Å². The second-order valence-electron chi connectivity index (χ2n) is 2.12. The molecule has 1 aromatic heterocycles. The Balaban J connectivity index is 3.33. The van der Waals surface area contributed by atoms with Crippen molar-refractivity contribution in [3.63, 3.8) is 0 Å². The molecule has 0 aliphatic heterocycles. The molecule has 6 heteroatoms. The minimum atomic E-state index is -2.78. The van der Waals surface area contributed by atoms with Gasteiger partial charge in [0.2, 0.25) is 0 Å². The number of H-pyrrole nitrogens is 1. The summed E-state index contributed by atoms with van der Waals surface area (Å²) in [5, 5.41) is 0. The fourth-order valence-corrected chi connectivity index (χ4v) is 1.10. The van der Waals surface area contributed by atoms with Gasteiger partial charge < -0.3 is 10.7 Å². The van der Waals surface area contributed by atoms with Gasteiger partial charge in [0, 0.05) is 0 Å². The first-order chi connectivity index (χ1) is 5.52. The highest BCUT2D eigenvalue weighted by Crippen LogP contribution is 2.18. The Morgan fingerprint density at radius 3 is 2.67 bits per heavy atom. The molecule has 0 atom stereocenters. The van der Waals surface area contributed by atoms with E-state index in [4.69, 9.17) is 5.73 Å². The van der Waals surface area contributed by atoms with E-state index in [1.165, 1.54) is 0 Å². The van der Waals surface area contributed by atoms with E-state index < -0.39 is 17.5 Å². The van der Waals surface area contributed by atoms with Crippen molar-refractivity contribution < 1.29 is 8.78 Å². The molecular weight excluding hydrogens is 281 g/mol. The van der Waals surface area contributed by atoms with E-state index in [1.807, 2.05) is 0 Å². The lowest BCUT2D eigenvalue weighted by molar-refractivity contribution is 0.149. The van der Waals surface area contributed by atoms with E-state index in [1.54, 1.807) is 22.6 Å². The number of anilines is 1. The van der Waals surface area contributed by atoms with Gasteiger partial charge in [0.1, 0.15) is 3.70 Å². The summed E-state index contributed by atoms with van der Waals surface area (Å²) in [7, 11) is 0. The predicted molar refractivity (Wildman–Crippen MR) is 49.1 cm³/mol. The van der Waals surface area contributed by atoms with E-state index >= 15 is 0 Å². The number of nitrogen functional groups attached to an aromatic ring is 1. The largest absolute Gasteiger partial charge is 0.397 e. The molecule has 3 nitrogen and oxygen atoms in total. The molecule has 0 aromatic carbocycles. The molecule has 0 fully saturated rings. The number of pyridine rings is 1. The molecule has 0 unspecified atom stereocenters. The molecule has 1 rings (SSSR count). The van der Waals surface area contributed by atoms with Crippen LogP contribution in [-0.4, -0.2) is 4.98 Å². The number of halogens is 3. The van der Waals surface area contributed by atoms with E-state index in [0.29, 0.717) is 3.70 Å². The number of aromatic nitrogens is 1. The quantitative estimate of drug-likeness (QED) is 0.607. The van der Waals surface area contributed by atoms with Crippen molar-refractivity contribution in [2.45, 2.75) is 6.43 Å². The van der Waals surface area contributed by atoms with E-state index in [0.717, 1.165) is 6.07 Å². The van der Waals surface area contributed by atoms with E-state index in [-0.39, 0.29) is 5.69 Å². The van der Waals surface area contributed by atoms with Crippen LogP contribution >= 0.6 is 22.6 Å². The zero-order valence-corrected chi connectivity index (χ0v) is 7.93. The lowest BCUT2D eigenvalue weighted by Crippen LogP contribution is -2.15. The summed E-state index contributed by atoms with van der Waals surface area (Å²) in [4.78, 5) is 13.1. The fourth-order valence-electron chi connectivity index (χ4n) is 0.703. The number of nitrogens with one attached hydrogen (secondary N) is 1. The van der Waals surface area contributed by atoms with Gasteiger partial charge in [-0.05, 0) is 28.7 Å². The van der Waals surface area contributed by atoms with Crippen LogP contribution in [0, 0.1) is 3.70 Å². The highest BCUT2D eigenvalue weighted by Gasteiger charge is 2.13. The molecule has 0 saturated carbocycles. The molecule has 1 heterocycles. The zero-order chi connectivity index (χ0) is 9.30. The van der Waals surface area contributed by atoms with Crippen molar-refractivity contribution in [3.05, 3.63) is 25.7 Å². The monoisotopic (exact) mass is 286 g/mol. The maximum atomic E-state index is 12.1. The molecule has 0 bridgehead atoms. The first kappa shape index (κ1) is 9.43. The molecule has 0 radical (unpaired) electrons. The summed E-state index contributed by atoms with van der Waals surface area (Å²) >= 11 is 1.76. The standard InChI is InChI=1S/C6H5F2IN2O/c7-4(8)2-1-3(10)5(9)11-6(2)12/h1,4H,10H2,(H,11,12). The SMILES string of the molecule is Nc1cc(C(F)F)c(=O)[nH]c1I. The Bertz CT molecular complexity index is 350. The van der Waals surface area contributed by atoms with Gasteiger partial charge in [-0.1, -0.05) is 0 Å². The summed E-state index contributed by atoms with van der Waals surface area (Å²) < 4.78 is 24.5. The minimum absolute atomic E-state index is 0.158. The average Bonchev–Trinajstić information content (AvgIpc) is 1.96. The van der Waals surface area contributed by atoms with Crippen molar-refractivity contribution in [1.29, 1.82) is 0 Å². The van der Waals surface area contributed by atoms with Crippen molar-refractivity contribution in [2.75, 3.05) is 5.73 Å². The normalized spacial score (nSPS) is 10.7. The second kappa shape index (κ2) is 3.38. The van der Waals surface area contributed by atoms with E-state index in [2.05, 4.69) is 4.98 Å². The molecule has 12 heavy (non-hydrogen) atoms. The van der Waals surface area contributed by atoms with Crippen LogP contribution in [0.25, 0.3) is 0 Å². The van der Waals surface area contributed by atoms with Crippen LogP contribution in [0.4, 0.5) is 14.5 Å². The molecule has 0 aliphatic carbocycles. The third kappa shape index (κ3) is 1.74. The topological polar surface area (TPSA) is 58.9 Å². The van der Waals surface area contributed by atoms with Crippen molar-refractivity contribution in [3.8, 4) is 0 Å². The van der Waals surface area contributed by atoms with Gasteiger partial charge in [-0.3, -0.25) is 4.79 Å². The Hall–Kier alpha value is -0.660. The van der Waals surface area contributed by atoms with Crippen LogP contribution in [0.1, 0.15) is 12.0 Å². The number of aromatic amines is 1. The van der Waals surface area contributed by atoms with Gasteiger partial charge >= 0.3 is 0 Å². The lowest BCUT2D eigenvalue weighted by Gasteiger charge is -2.01. The lowest BCUT2D eigenvalue weighted by atomic mass is 10.3. The number of alkyl halides is 2. The maximum Gasteiger partial charge on any atom is 0.269 e. The first-order valence-electron chi connectivity index (χ1n) is 2.98. The molecule has 0 aliphatic rings. The number of nitrogens with two attached hydrogens (primary N) is 1. The van der Waals surface area contributed by atoms with Crippen LogP contribution in [0.3, 0.4) is 0 Å². The van der Waals surface area contributed by atoms with Crippen LogP contribution in [0.15, 0.2) is 10.9 Å². The van der Waals surface area contributed by atoms with Crippen molar-refractivity contribution in [2.24, 2.45) is 0 Å². The summed E-state index contributed by atoms with van der Waals surface area (Å²) in [5.74, 6) is 0. The van der Waals surface area contributed by atoms with Gasteiger partial charge in [0.25, 0.3) is 12.0 Å². The Morgan fingerprint density at radius 2 is 2.17 bits per heavy atom. The van der Waals surface area contributed by atoms with Crippen molar-refractivity contribution >= 4 is 28.3 Å². The summed E-state index contributed by atoms with van der Waals surface area (Å²) in [6.45, 7) is 0. The van der Waals surface area contributed by atoms with Crippen LogP contribution in [0.5, 0.6) is 0 Å². The van der Waals surface area contributed by atoms with E-state index in [9.17, 15) is 13.6 Å². The number of hydrogen-bond donors (Lipinski definition) is 2. The molecule has 66 valence electrons. The average molecular weight is 286 g/mol. The highest BCUT2D eigenvalue weighted by molar-refractivity contribution is 14.1. The van der Waals surface area contributed by atoms with Gasteiger partial charge in [0.15, 0.2) is 0 Å². The second-order valence-corrected chi connectivity index (χ2v) is 3.20. The zero-order valence-electron chi connectivity index (χ0n) is 5.77. The smallest absolute Gasteiger partial charge is 0.269 e. The molecule has 0 amide bonds. The summed E-state index contributed by atoms with van der Waals surface area (Å²) in [6.07, 6.45) is -2.78. The number of hydrogen-bond acceptors (Lipinski definition) is 2. The summed E-state index contributed by atoms with van der Waals surface area (Å²) in [5.41, 5.74) is 4.10. The molecule has 0 saturated heterocycles. The van der Waals surface area contributed by atoms with Gasteiger partial charge in [-0.2, -0.15) is 0 Å². The van der Waals surface area contributed by atoms with Crippen LogP contribution in [-0.2, 0) is 0 Å². The van der Waals surface area contributed by atoms with Crippen molar-refractivity contribution in [1.82, 2.24) is 4.98 Å². The number of rotatable bonds is 1. The Morgan fingerprint density at radius 1 is 1.58 bits per heavy atom.